The van der Waals surface area contributed by atoms with Crippen molar-refractivity contribution in [3.8, 4) is 11.5 Å². The van der Waals surface area contributed by atoms with Crippen LogP contribution < -0.4 is 9.47 Å². The molecule has 0 radical (unpaired) electrons. The largest absolute Gasteiger partial charge is 0.496 e. The summed E-state index contributed by atoms with van der Waals surface area (Å²) in [5, 5.41) is 9.20. The molecule has 3 rings (SSSR count). The Balaban J connectivity index is 1.78. The highest BCUT2D eigenvalue weighted by Gasteiger charge is 2.32. The zero-order chi connectivity index (χ0) is 21.1. The molecule has 1 amide bonds. The van der Waals surface area contributed by atoms with Crippen molar-refractivity contribution in [3.05, 3.63) is 58.7 Å². The molecule has 29 heavy (non-hydrogen) atoms. The molecule has 8 heteroatoms. The normalized spacial score (nSPS) is 16.0. The van der Waals surface area contributed by atoms with Gasteiger partial charge < -0.3 is 19.5 Å². The number of carboxylic acid groups (broad SMARTS) is 1. The van der Waals surface area contributed by atoms with Crippen molar-refractivity contribution in [1.82, 2.24) is 4.90 Å². The van der Waals surface area contributed by atoms with Crippen LogP contribution in [0.15, 0.2) is 30.3 Å². The van der Waals surface area contributed by atoms with Crippen molar-refractivity contribution < 1.29 is 33.0 Å². The van der Waals surface area contributed by atoms with Gasteiger partial charge in [-0.1, -0.05) is 0 Å². The predicted octanol–water partition coefficient (Wildman–Crippen LogP) is 3.39. The van der Waals surface area contributed by atoms with Crippen molar-refractivity contribution in [2.75, 3.05) is 27.3 Å². The van der Waals surface area contributed by atoms with Crippen LogP contribution in [0.3, 0.4) is 0 Å². The zero-order valence-electron chi connectivity index (χ0n) is 16.1. The Kier molecular flexibility index (Phi) is 6.00. The third kappa shape index (κ3) is 4.16. The van der Waals surface area contributed by atoms with Gasteiger partial charge in [0.2, 0.25) is 0 Å². The molecule has 154 valence electrons. The summed E-state index contributed by atoms with van der Waals surface area (Å²) in [5.74, 6) is -3.43. The van der Waals surface area contributed by atoms with Crippen molar-refractivity contribution in [1.29, 1.82) is 0 Å². The topological polar surface area (TPSA) is 76.1 Å². The quantitative estimate of drug-likeness (QED) is 0.797. The summed E-state index contributed by atoms with van der Waals surface area (Å²) in [6.07, 6.45) is 1.14. The maximum atomic E-state index is 14.2. The summed E-state index contributed by atoms with van der Waals surface area (Å²) < 4.78 is 38.2. The van der Waals surface area contributed by atoms with Gasteiger partial charge in [0.15, 0.2) is 11.6 Å². The van der Waals surface area contributed by atoms with Crippen molar-refractivity contribution >= 4 is 11.9 Å². The monoisotopic (exact) mass is 405 g/mol. The molecular formula is C21H21F2NO5. The molecule has 6 nitrogen and oxygen atoms in total. The molecule has 1 saturated heterocycles. The Morgan fingerprint density at radius 2 is 1.83 bits per heavy atom. The van der Waals surface area contributed by atoms with E-state index >= 15 is 0 Å². The van der Waals surface area contributed by atoms with E-state index in [0.29, 0.717) is 31.7 Å². The Labute approximate surface area is 166 Å². The van der Waals surface area contributed by atoms with Crippen LogP contribution in [0.25, 0.3) is 0 Å². The SMILES string of the molecule is COc1ccc(C(=O)O)cc1CC1CCN(C(=O)c2c(OC)ccc(F)c2F)C1. The van der Waals surface area contributed by atoms with Crippen LogP contribution in [0.5, 0.6) is 11.5 Å². The molecule has 1 atom stereocenters. The number of carboxylic acids is 1. The zero-order valence-corrected chi connectivity index (χ0v) is 16.1. The summed E-state index contributed by atoms with van der Waals surface area (Å²) >= 11 is 0. The molecule has 1 aliphatic rings. The van der Waals surface area contributed by atoms with Gasteiger partial charge in [-0.05, 0) is 54.7 Å². The van der Waals surface area contributed by atoms with E-state index in [0.717, 1.165) is 11.6 Å². The Hall–Kier alpha value is -3.16. The first-order chi connectivity index (χ1) is 13.8. The number of nitrogens with zero attached hydrogens (tertiary/aromatic N) is 1. The lowest BCUT2D eigenvalue weighted by molar-refractivity contribution is 0.0696. The number of aromatic carboxylic acids is 1. The summed E-state index contributed by atoms with van der Waals surface area (Å²) in [4.78, 5) is 25.5. The van der Waals surface area contributed by atoms with Gasteiger partial charge in [-0.2, -0.15) is 0 Å². The molecule has 0 spiro atoms. The molecule has 0 aliphatic carbocycles. The van der Waals surface area contributed by atoms with E-state index in [4.69, 9.17) is 9.47 Å². The first kappa shape index (κ1) is 20.6. The first-order valence-corrected chi connectivity index (χ1v) is 9.07. The minimum absolute atomic E-state index is 0.0202. The summed E-state index contributed by atoms with van der Waals surface area (Å²) in [7, 11) is 2.79. The smallest absolute Gasteiger partial charge is 0.335 e. The molecule has 1 fully saturated rings. The number of benzene rings is 2. The standard InChI is InChI=1S/C21H21F2NO5/c1-28-16-5-3-13(21(26)27)10-14(16)9-12-7-8-24(11-12)20(25)18-17(29-2)6-4-15(22)19(18)23/h3-6,10,12H,7-9,11H2,1-2H3,(H,26,27). The molecule has 0 saturated carbocycles. The molecule has 1 N–H and O–H groups in total. The van der Waals surface area contributed by atoms with E-state index in [2.05, 4.69) is 0 Å². The summed E-state index contributed by atoms with van der Waals surface area (Å²) in [6.45, 7) is 0.710. The number of carbonyl (C=O) groups excluding carboxylic acids is 1. The van der Waals surface area contributed by atoms with Crippen molar-refractivity contribution in [2.24, 2.45) is 5.92 Å². The number of hydrogen-bond donors (Lipinski definition) is 1. The number of rotatable bonds is 6. The molecule has 2 aromatic carbocycles. The highest BCUT2D eigenvalue weighted by molar-refractivity contribution is 5.97. The van der Waals surface area contributed by atoms with Gasteiger partial charge in [0.1, 0.15) is 17.1 Å². The molecule has 1 heterocycles. The Morgan fingerprint density at radius 3 is 2.48 bits per heavy atom. The minimum atomic E-state index is -1.23. The molecule has 2 aromatic rings. The van der Waals surface area contributed by atoms with Gasteiger partial charge in [-0.25, -0.2) is 13.6 Å². The number of carbonyl (C=O) groups is 2. The highest BCUT2D eigenvalue weighted by atomic mass is 19.2. The predicted molar refractivity (Wildman–Crippen MR) is 101 cm³/mol. The summed E-state index contributed by atoms with van der Waals surface area (Å²) in [5.41, 5.74) is 0.457. The van der Waals surface area contributed by atoms with Gasteiger partial charge in [0.25, 0.3) is 5.91 Å². The van der Waals surface area contributed by atoms with Gasteiger partial charge in [-0.3, -0.25) is 4.79 Å². The van der Waals surface area contributed by atoms with E-state index in [1.807, 2.05) is 0 Å². The second-order valence-electron chi connectivity index (χ2n) is 6.88. The van der Waals surface area contributed by atoms with Crippen LogP contribution in [0, 0.1) is 17.6 Å². The van der Waals surface area contributed by atoms with Gasteiger partial charge in [0.05, 0.1) is 19.8 Å². The van der Waals surface area contributed by atoms with Gasteiger partial charge >= 0.3 is 5.97 Å². The maximum Gasteiger partial charge on any atom is 0.335 e. The molecule has 0 bridgehead atoms. The third-order valence-corrected chi connectivity index (χ3v) is 5.10. The van der Waals surface area contributed by atoms with Crippen LogP contribution in [-0.2, 0) is 6.42 Å². The minimum Gasteiger partial charge on any atom is -0.496 e. The first-order valence-electron chi connectivity index (χ1n) is 9.07. The van der Waals surface area contributed by atoms with Crippen LogP contribution in [0.2, 0.25) is 0 Å². The molecular weight excluding hydrogens is 384 g/mol. The van der Waals surface area contributed by atoms with E-state index in [9.17, 15) is 23.5 Å². The number of amides is 1. The lowest BCUT2D eigenvalue weighted by Crippen LogP contribution is -2.30. The highest BCUT2D eigenvalue weighted by Crippen LogP contribution is 2.30. The second-order valence-corrected chi connectivity index (χ2v) is 6.88. The van der Waals surface area contributed by atoms with Crippen LogP contribution in [0.4, 0.5) is 8.78 Å². The molecule has 1 unspecified atom stereocenters. The average Bonchev–Trinajstić information content (AvgIpc) is 3.17. The second kappa shape index (κ2) is 8.46. The Morgan fingerprint density at radius 1 is 1.14 bits per heavy atom. The fourth-order valence-electron chi connectivity index (χ4n) is 3.63. The third-order valence-electron chi connectivity index (χ3n) is 5.10. The number of likely N-dealkylation sites (tertiary alicyclic amines) is 1. The van der Waals surface area contributed by atoms with Crippen molar-refractivity contribution in [3.63, 3.8) is 0 Å². The van der Waals surface area contributed by atoms with Gasteiger partial charge in [0, 0.05) is 13.1 Å². The number of halogens is 2. The Bertz CT molecular complexity index is 947. The average molecular weight is 405 g/mol. The summed E-state index contributed by atoms with van der Waals surface area (Å²) in [6, 6.07) is 6.76. The van der Waals surface area contributed by atoms with E-state index in [1.54, 1.807) is 12.1 Å². The van der Waals surface area contributed by atoms with E-state index in [-0.39, 0.29) is 17.2 Å². The van der Waals surface area contributed by atoms with E-state index in [1.165, 1.54) is 31.3 Å². The fraction of sp³-hybridized carbons (Fsp3) is 0.333. The maximum absolute atomic E-state index is 14.2. The lowest BCUT2D eigenvalue weighted by Gasteiger charge is -2.19. The van der Waals surface area contributed by atoms with Crippen LogP contribution >= 0.6 is 0 Å². The van der Waals surface area contributed by atoms with E-state index < -0.39 is 29.1 Å². The fourth-order valence-corrected chi connectivity index (χ4v) is 3.63. The number of ether oxygens (including phenoxy) is 2. The lowest BCUT2D eigenvalue weighted by atomic mass is 9.96. The number of hydrogen-bond acceptors (Lipinski definition) is 4. The van der Waals surface area contributed by atoms with Crippen molar-refractivity contribution in [2.45, 2.75) is 12.8 Å². The molecule has 1 aliphatic heterocycles. The number of methoxy groups -OCH3 is 2. The van der Waals surface area contributed by atoms with Gasteiger partial charge in [-0.15, -0.1) is 0 Å². The molecule has 0 aromatic heterocycles. The van der Waals surface area contributed by atoms with Crippen LogP contribution in [0.1, 0.15) is 32.7 Å². The van der Waals surface area contributed by atoms with Crippen LogP contribution in [-0.4, -0.2) is 49.2 Å².